The van der Waals surface area contributed by atoms with Gasteiger partial charge >= 0.3 is 0 Å². The van der Waals surface area contributed by atoms with Gasteiger partial charge in [0.2, 0.25) is 4.77 Å². The van der Waals surface area contributed by atoms with Crippen molar-refractivity contribution < 1.29 is 4.74 Å². The van der Waals surface area contributed by atoms with E-state index < -0.39 is 0 Å². The minimum atomic E-state index is 0.433. The zero-order chi connectivity index (χ0) is 19.3. The van der Waals surface area contributed by atoms with Gasteiger partial charge in [-0.1, -0.05) is 54.6 Å². The van der Waals surface area contributed by atoms with Crippen LogP contribution in [0.5, 0.6) is 5.75 Å². The van der Waals surface area contributed by atoms with Gasteiger partial charge in [-0.15, -0.1) is 0 Å². The normalized spacial score (nSPS) is 11.0. The van der Waals surface area contributed by atoms with E-state index in [4.69, 9.17) is 17.0 Å². The number of methoxy groups -OCH3 is 1. The highest BCUT2D eigenvalue weighted by atomic mass is 32.1. The lowest BCUT2D eigenvalue weighted by atomic mass is 10.0. The summed E-state index contributed by atoms with van der Waals surface area (Å²) in [6.45, 7) is 0. The van der Waals surface area contributed by atoms with Gasteiger partial charge < -0.3 is 4.74 Å². The molecular weight excluding hydrogens is 368 g/mol. The largest absolute Gasteiger partial charge is 0.497 e. The summed E-state index contributed by atoms with van der Waals surface area (Å²) in [6, 6.07) is 26.1. The molecule has 4 rings (SSSR count). The standard InChI is InChI=1S/C22H18N4OS/c1-27-20-13-11-19(12-14-20)21-24-25-22(28)26(21)23-15-16-7-9-18(10-8-16)17-5-3-2-4-6-17/h2-15H,1H3,(H,25,28). The maximum atomic E-state index is 5.33. The van der Waals surface area contributed by atoms with E-state index in [2.05, 4.69) is 39.6 Å². The summed E-state index contributed by atoms with van der Waals surface area (Å²) in [5.74, 6) is 1.43. The Morgan fingerprint density at radius 3 is 2.21 bits per heavy atom. The number of aromatic nitrogens is 3. The fraction of sp³-hybridized carbons (Fsp3) is 0.0455. The van der Waals surface area contributed by atoms with Crippen molar-refractivity contribution in [2.24, 2.45) is 5.10 Å². The molecule has 0 saturated heterocycles. The van der Waals surface area contributed by atoms with Crippen LogP contribution in [0.1, 0.15) is 5.56 Å². The van der Waals surface area contributed by atoms with Gasteiger partial charge in [-0.3, -0.25) is 0 Å². The topological polar surface area (TPSA) is 55.2 Å². The van der Waals surface area contributed by atoms with Crippen molar-refractivity contribution in [2.75, 3.05) is 7.11 Å². The minimum Gasteiger partial charge on any atom is -0.497 e. The van der Waals surface area contributed by atoms with Gasteiger partial charge in [-0.05, 0) is 53.2 Å². The lowest BCUT2D eigenvalue weighted by molar-refractivity contribution is 0.415. The van der Waals surface area contributed by atoms with Gasteiger partial charge in [0.15, 0.2) is 5.82 Å². The van der Waals surface area contributed by atoms with Gasteiger partial charge in [0.1, 0.15) is 5.75 Å². The third kappa shape index (κ3) is 3.77. The molecule has 1 N–H and O–H groups in total. The van der Waals surface area contributed by atoms with Crippen molar-refractivity contribution in [1.29, 1.82) is 0 Å². The molecule has 0 saturated carbocycles. The Bertz CT molecular complexity index is 1140. The van der Waals surface area contributed by atoms with Crippen LogP contribution in [0.25, 0.3) is 22.5 Å². The van der Waals surface area contributed by atoms with Crippen molar-refractivity contribution in [3.63, 3.8) is 0 Å². The molecule has 0 amide bonds. The Morgan fingerprint density at radius 1 is 0.893 bits per heavy atom. The van der Waals surface area contributed by atoms with Crippen LogP contribution in [0.4, 0.5) is 0 Å². The average Bonchev–Trinajstić information content (AvgIpc) is 3.13. The number of hydrogen-bond acceptors (Lipinski definition) is 4. The van der Waals surface area contributed by atoms with Crippen LogP contribution in [-0.4, -0.2) is 28.2 Å². The Morgan fingerprint density at radius 2 is 1.54 bits per heavy atom. The molecule has 1 aromatic heterocycles. The molecule has 0 aliphatic heterocycles. The van der Waals surface area contributed by atoms with Gasteiger partial charge in [0, 0.05) is 5.56 Å². The van der Waals surface area contributed by atoms with Crippen molar-refractivity contribution in [3.8, 4) is 28.3 Å². The number of rotatable bonds is 5. The highest BCUT2D eigenvalue weighted by molar-refractivity contribution is 7.71. The van der Waals surface area contributed by atoms with Gasteiger partial charge in [0.25, 0.3) is 0 Å². The first-order valence-corrected chi connectivity index (χ1v) is 9.17. The Balaban J connectivity index is 1.60. The lowest BCUT2D eigenvalue weighted by Gasteiger charge is -2.04. The van der Waals surface area contributed by atoms with Crippen molar-refractivity contribution >= 4 is 18.4 Å². The monoisotopic (exact) mass is 386 g/mol. The van der Waals surface area contributed by atoms with E-state index in [1.54, 1.807) is 18.0 Å². The van der Waals surface area contributed by atoms with E-state index in [1.165, 1.54) is 5.56 Å². The van der Waals surface area contributed by atoms with Crippen LogP contribution < -0.4 is 4.74 Å². The molecule has 0 fully saturated rings. The van der Waals surface area contributed by atoms with Crippen molar-refractivity contribution in [2.45, 2.75) is 0 Å². The van der Waals surface area contributed by atoms with Crippen LogP contribution in [0.15, 0.2) is 84.0 Å². The van der Waals surface area contributed by atoms with Crippen molar-refractivity contribution in [3.05, 3.63) is 89.2 Å². The molecule has 6 heteroatoms. The van der Waals surface area contributed by atoms with E-state index in [1.807, 2.05) is 54.6 Å². The quantitative estimate of drug-likeness (QED) is 0.380. The molecule has 0 bridgehead atoms. The molecule has 4 aromatic rings. The summed E-state index contributed by atoms with van der Waals surface area (Å²) in [4.78, 5) is 0. The third-order valence-corrected chi connectivity index (χ3v) is 4.60. The number of benzene rings is 3. The number of H-pyrrole nitrogens is 1. The second-order valence-electron chi connectivity index (χ2n) is 6.13. The second kappa shape index (κ2) is 8.02. The number of nitrogens with zero attached hydrogens (tertiary/aromatic N) is 3. The van der Waals surface area contributed by atoms with E-state index in [0.29, 0.717) is 10.6 Å². The first kappa shape index (κ1) is 17.9. The molecule has 0 aliphatic rings. The van der Waals surface area contributed by atoms with Crippen LogP contribution in [0, 0.1) is 4.77 Å². The van der Waals surface area contributed by atoms with Gasteiger partial charge in [-0.2, -0.15) is 14.9 Å². The van der Waals surface area contributed by atoms with Gasteiger partial charge in [0.05, 0.1) is 13.3 Å². The Labute approximate surface area is 167 Å². The summed E-state index contributed by atoms with van der Waals surface area (Å²) in [6.07, 6.45) is 1.77. The second-order valence-corrected chi connectivity index (χ2v) is 6.51. The summed E-state index contributed by atoms with van der Waals surface area (Å²) in [5, 5.41) is 11.6. The molecule has 0 unspecified atom stereocenters. The third-order valence-electron chi connectivity index (χ3n) is 4.34. The number of ether oxygens (including phenoxy) is 1. The highest BCUT2D eigenvalue weighted by Gasteiger charge is 2.08. The zero-order valence-electron chi connectivity index (χ0n) is 15.2. The fourth-order valence-corrected chi connectivity index (χ4v) is 3.02. The molecule has 0 atom stereocenters. The Kier molecular flexibility index (Phi) is 5.12. The fourth-order valence-electron chi connectivity index (χ4n) is 2.84. The maximum Gasteiger partial charge on any atom is 0.216 e. The molecular formula is C22H18N4OS. The Hall–Kier alpha value is -3.51. The summed E-state index contributed by atoms with van der Waals surface area (Å²) in [5.41, 5.74) is 4.22. The smallest absolute Gasteiger partial charge is 0.216 e. The SMILES string of the molecule is COc1ccc(-c2n[nH]c(=S)n2N=Cc2ccc(-c3ccccc3)cc2)cc1. The van der Waals surface area contributed by atoms with Crippen LogP contribution >= 0.6 is 12.2 Å². The predicted molar refractivity (Wildman–Crippen MR) is 114 cm³/mol. The van der Waals surface area contributed by atoms with Crippen LogP contribution in [0.3, 0.4) is 0 Å². The molecule has 1 heterocycles. The minimum absolute atomic E-state index is 0.433. The first-order chi connectivity index (χ1) is 13.7. The molecule has 0 spiro atoms. The van der Waals surface area contributed by atoms with E-state index in [0.717, 1.165) is 22.4 Å². The number of nitrogens with one attached hydrogen (secondary N) is 1. The first-order valence-electron chi connectivity index (χ1n) is 8.76. The summed E-state index contributed by atoms with van der Waals surface area (Å²) >= 11 is 5.33. The van der Waals surface area contributed by atoms with Crippen molar-refractivity contribution in [1.82, 2.24) is 14.9 Å². The maximum absolute atomic E-state index is 5.33. The van der Waals surface area contributed by atoms with E-state index in [9.17, 15) is 0 Å². The number of hydrogen-bond donors (Lipinski definition) is 1. The highest BCUT2D eigenvalue weighted by Crippen LogP contribution is 2.21. The van der Waals surface area contributed by atoms with Crippen LogP contribution in [0.2, 0.25) is 0 Å². The van der Waals surface area contributed by atoms with Crippen LogP contribution in [-0.2, 0) is 0 Å². The molecule has 0 radical (unpaired) electrons. The lowest BCUT2D eigenvalue weighted by Crippen LogP contribution is -1.95. The average molecular weight is 386 g/mol. The molecule has 28 heavy (non-hydrogen) atoms. The van der Waals surface area contributed by atoms with E-state index >= 15 is 0 Å². The summed E-state index contributed by atoms with van der Waals surface area (Å²) < 4.78 is 7.25. The van der Waals surface area contributed by atoms with E-state index in [-0.39, 0.29) is 0 Å². The molecule has 5 nitrogen and oxygen atoms in total. The van der Waals surface area contributed by atoms with Gasteiger partial charge in [-0.25, -0.2) is 5.10 Å². The number of aromatic amines is 1. The molecule has 138 valence electrons. The molecule has 0 aliphatic carbocycles. The molecule has 3 aromatic carbocycles. The zero-order valence-corrected chi connectivity index (χ0v) is 16.1. The summed E-state index contributed by atoms with van der Waals surface area (Å²) in [7, 11) is 1.64. The predicted octanol–water partition coefficient (Wildman–Crippen LogP) is 5.17.